The molecule has 3 N–H and O–H groups in total. The molecule has 1 amide bonds. The van der Waals surface area contributed by atoms with Gasteiger partial charge >= 0.3 is 0 Å². The SMILES string of the molecule is COc1ccc(NC(=O)C2OCCC2C)cc1N. The van der Waals surface area contributed by atoms with Gasteiger partial charge in [0.1, 0.15) is 11.9 Å². The highest BCUT2D eigenvalue weighted by Gasteiger charge is 2.30. The molecule has 98 valence electrons. The Morgan fingerprint density at radius 3 is 2.89 bits per heavy atom. The van der Waals surface area contributed by atoms with E-state index in [9.17, 15) is 4.79 Å². The van der Waals surface area contributed by atoms with E-state index in [1.807, 2.05) is 6.92 Å². The van der Waals surface area contributed by atoms with Crippen molar-refractivity contribution in [3.63, 3.8) is 0 Å². The molecule has 0 bridgehead atoms. The third-order valence-corrected chi connectivity index (χ3v) is 3.14. The van der Waals surface area contributed by atoms with Crippen LogP contribution in [0.2, 0.25) is 0 Å². The average Bonchev–Trinajstić information content (AvgIpc) is 2.76. The molecule has 2 unspecified atom stereocenters. The van der Waals surface area contributed by atoms with E-state index in [1.165, 1.54) is 0 Å². The lowest BCUT2D eigenvalue weighted by atomic mass is 10.0. The molecule has 5 nitrogen and oxygen atoms in total. The summed E-state index contributed by atoms with van der Waals surface area (Å²) in [5.41, 5.74) is 6.93. The predicted molar refractivity (Wildman–Crippen MR) is 69.6 cm³/mol. The van der Waals surface area contributed by atoms with Gasteiger partial charge in [-0.05, 0) is 30.5 Å². The first-order valence-electron chi connectivity index (χ1n) is 5.98. The number of rotatable bonds is 3. The predicted octanol–water partition coefficient (Wildman–Crippen LogP) is 1.64. The van der Waals surface area contributed by atoms with Crippen molar-refractivity contribution in [2.45, 2.75) is 19.4 Å². The standard InChI is InChI=1S/C13H18N2O3/c1-8-5-6-18-12(8)13(16)15-9-3-4-11(17-2)10(14)7-9/h3-4,7-8,12H,5-6,14H2,1-2H3,(H,15,16). The molecule has 1 aromatic rings. The molecule has 1 heterocycles. The van der Waals surface area contributed by atoms with Crippen molar-refractivity contribution in [3.8, 4) is 5.75 Å². The van der Waals surface area contributed by atoms with Crippen LogP contribution in [-0.2, 0) is 9.53 Å². The lowest BCUT2D eigenvalue weighted by Gasteiger charge is -2.15. The molecule has 0 spiro atoms. The highest BCUT2D eigenvalue weighted by atomic mass is 16.5. The fourth-order valence-corrected chi connectivity index (χ4v) is 2.06. The summed E-state index contributed by atoms with van der Waals surface area (Å²) in [7, 11) is 1.55. The molecular formula is C13H18N2O3. The van der Waals surface area contributed by atoms with Crippen LogP contribution in [0, 0.1) is 5.92 Å². The quantitative estimate of drug-likeness (QED) is 0.800. The van der Waals surface area contributed by atoms with Crippen LogP contribution in [0.5, 0.6) is 5.75 Å². The lowest BCUT2D eigenvalue weighted by molar-refractivity contribution is -0.126. The third-order valence-electron chi connectivity index (χ3n) is 3.14. The van der Waals surface area contributed by atoms with Gasteiger partial charge in [-0.15, -0.1) is 0 Å². The Balaban J connectivity index is 2.05. The summed E-state index contributed by atoms with van der Waals surface area (Å²) in [6.07, 6.45) is 0.552. The van der Waals surface area contributed by atoms with Crippen molar-refractivity contribution >= 4 is 17.3 Å². The first kappa shape index (κ1) is 12.7. The maximum atomic E-state index is 12.0. The number of methoxy groups -OCH3 is 1. The Bertz CT molecular complexity index is 448. The molecule has 2 rings (SSSR count). The van der Waals surface area contributed by atoms with Gasteiger partial charge < -0.3 is 20.5 Å². The van der Waals surface area contributed by atoms with Crippen LogP contribution in [0.25, 0.3) is 0 Å². The molecule has 0 aromatic heterocycles. The lowest BCUT2D eigenvalue weighted by Crippen LogP contribution is -2.31. The van der Waals surface area contributed by atoms with Gasteiger partial charge in [0.05, 0.1) is 12.8 Å². The van der Waals surface area contributed by atoms with Crippen LogP contribution >= 0.6 is 0 Å². The van der Waals surface area contributed by atoms with E-state index < -0.39 is 0 Å². The fourth-order valence-electron chi connectivity index (χ4n) is 2.06. The van der Waals surface area contributed by atoms with E-state index in [0.717, 1.165) is 6.42 Å². The zero-order chi connectivity index (χ0) is 13.1. The number of nitrogens with two attached hydrogens (primary N) is 1. The highest BCUT2D eigenvalue weighted by molar-refractivity contribution is 5.95. The second-order valence-electron chi connectivity index (χ2n) is 4.50. The van der Waals surface area contributed by atoms with E-state index in [-0.39, 0.29) is 17.9 Å². The van der Waals surface area contributed by atoms with E-state index in [4.69, 9.17) is 15.2 Å². The van der Waals surface area contributed by atoms with Crippen molar-refractivity contribution < 1.29 is 14.3 Å². The number of hydrogen-bond donors (Lipinski definition) is 2. The van der Waals surface area contributed by atoms with Crippen LogP contribution in [-0.4, -0.2) is 25.7 Å². The molecule has 1 aliphatic heterocycles. The molecule has 0 saturated carbocycles. The summed E-state index contributed by atoms with van der Waals surface area (Å²) >= 11 is 0. The summed E-state index contributed by atoms with van der Waals surface area (Å²) in [5, 5.41) is 2.81. The number of hydrogen-bond acceptors (Lipinski definition) is 4. The zero-order valence-electron chi connectivity index (χ0n) is 10.6. The van der Waals surface area contributed by atoms with Crippen molar-refractivity contribution in [3.05, 3.63) is 18.2 Å². The van der Waals surface area contributed by atoms with Crippen molar-refractivity contribution in [2.75, 3.05) is 24.8 Å². The summed E-state index contributed by atoms with van der Waals surface area (Å²) in [6.45, 7) is 2.66. The van der Waals surface area contributed by atoms with Gasteiger partial charge in [0.2, 0.25) is 0 Å². The third kappa shape index (κ3) is 2.56. The van der Waals surface area contributed by atoms with Gasteiger partial charge in [0.25, 0.3) is 5.91 Å². The average molecular weight is 250 g/mol. The molecule has 0 radical (unpaired) electrons. The monoisotopic (exact) mass is 250 g/mol. The molecule has 2 atom stereocenters. The minimum Gasteiger partial charge on any atom is -0.495 e. The summed E-state index contributed by atoms with van der Waals surface area (Å²) < 4.78 is 10.5. The van der Waals surface area contributed by atoms with Gasteiger partial charge in [0.15, 0.2) is 0 Å². The smallest absolute Gasteiger partial charge is 0.253 e. The van der Waals surface area contributed by atoms with Crippen molar-refractivity contribution in [1.82, 2.24) is 0 Å². The van der Waals surface area contributed by atoms with Gasteiger partial charge in [-0.25, -0.2) is 0 Å². The van der Waals surface area contributed by atoms with Crippen LogP contribution in [0.15, 0.2) is 18.2 Å². The zero-order valence-corrected chi connectivity index (χ0v) is 10.6. The molecular weight excluding hydrogens is 232 g/mol. The molecule has 1 saturated heterocycles. The van der Waals surface area contributed by atoms with Crippen molar-refractivity contribution in [1.29, 1.82) is 0 Å². The number of carbonyl (C=O) groups excluding carboxylic acids is 1. The number of ether oxygens (including phenoxy) is 2. The first-order chi connectivity index (χ1) is 8.61. The largest absolute Gasteiger partial charge is 0.495 e. The van der Waals surface area contributed by atoms with Crippen molar-refractivity contribution in [2.24, 2.45) is 5.92 Å². The van der Waals surface area contributed by atoms with Gasteiger partial charge in [-0.1, -0.05) is 6.92 Å². The molecule has 1 aromatic carbocycles. The summed E-state index contributed by atoms with van der Waals surface area (Å²) in [5.74, 6) is 0.726. The van der Waals surface area contributed by atoms with E-state index >= 15 is 0 Å². The second-order valence-corrected chi connectivity index (χ2v) is 4.50. The Morgan fingerprint density at radius 2 is 2.33 bits per heavy atom. The van der Waals surface area contributed by atoms with Crippen LogP contribution < -0.4 is 15.8 Å². The summed E-state index contributed by atoms with van der Waals surface area (Å²) in [6, 6.07) is 5.16. The van der Waals surface area contributed by atoms with E-state index in [0.29, 0.717) is 23.7 Å². The normalized spacial score (nSPS) is 22.8. The fraction of sp³-hybridized carbons (Fsp3) is 0.462. The number of amides is 1. The maximum Gasteiger partial charge on any atom is 0.253 e. The Hall–Kier alpha value is -1.75. The van der Waals surface area contributed by atoms with Crippen LogP contribution in [0.1, 0.15) is 13.3 Å². The number of carbonyl (C=O) groups is 1. The molecule has 5 heteroatoms. The van der Waals surface area contributed by atoms with Crippen LogP contribution in [0.4, 0.5) is 11.4 Å². The Labute approximate surface area is 106 Å². The molecule has 0 aliphatic carbocycles. The summed E-state index contributed by atoms with van der Waals surface area (Å²) in [4.78, 5) is 12.0. The number of nitrogens with one attached hydrogen (secondary N) is 1. The first-order valence-corrected chi connectivity index (χ1v) is 5.98. The minimum atomic E-state index is -0.367. The number of nitrogen functional groups attached to an aromatic ring is 1. The maximum absolute atomic E-state index is 12.0. The molecule has 18 heavy (non-hydrogen) atoms. The van der Waals surface area contributed by atoms with E-state index in [2.05, 4.69) is 5.32 Å². The molecule has 1 fully saturated rings. The second kappa shape index (κ2) is 5.27. The van der Waals surface area contributed by atoms with Gasteiger partial charge in [-0.3, -0.25) is 4.79 Å². The topological polar surface area (TPSA) is 73.6 Å². The van der Waals surface area contributed by atoms with Gasteiger partial charge in [0, 0.05) is 12.3 Å². The number of anilines is 2. The number of benzene rings is 1. The van der Waals surface area contributed by atoms with Crippen LogP contribution in [0.3, 0.4) is 0 Å². The minimum absolute atomic E-state index is 0.121. The highest BCUT2D eigenvalue weighted by Crippen LogP contribution is 2.26. The molecule has 1 aliphatic rings. The Morgan fingerprint density at radius 1 is 1.56 bits per heavy atom. The van der Waals surface area contributed by atoms with Gasteiger partial charge in [-0.2, -0.15) is 0 Å². The van der Waals surface area contributed by atoms with E-state index in [1.54, 1.807) is 25.3 Å². The Kier molecular flexibility index (Phi) is 3.72.